The quantitative estimate of drug-likeness (QED) is 0.626. The van der Waals surface area contributed by atoms with Crippen LogP contribution in [0.15, 0.2) is 30.3 Å². The van der Waals surface area contributed by atoms with Crippen LogP contribution in [0, 0.1) is 0 Å². The summed E-state index contributed by atoms with van der Waals surface area (Å²) in [5, 5.41) is 0. The second kappa shape index (κ2) is 5.21. The van der Waals surface area contributed by atoms with E-state index in [-0.39, 0.29) is 29.5 Å². The van der Waals surface area contributed by atoms with Crippen molar-refractivity contribution in [3.05, 3.63) is 35.9 Å². The topological polar surface area (TPSA) is 9.23 Å². The minimum Gasteiger partial charge on any atom is -0.489 e. The predicted octanol–water partition coefficient (Wildman–Crippen LogP) is 1.71. The Hall–Kier alpha value is -0.487. The van der Waals surface area contributed by atoms with Crippen LogP contribution in [-0.2, 0) is 21.1 Å². The molecule has 3 radical (unpaired) electrons. The molecule has 0 bridgehead atoms. The first kappa shape index (κ1) is 11.5. The second-order valence-electron chi connectivity index (χ2n) is 2.25. The number of para-hydroxylation sites is 1. The summed E-state index contributed by atoms with van der Waals surface area (Å²) in [4.78, 5) is 0. The Morgan fingerprint density at radius 2 is 1.92 bits per heavy atom. The third-order valence-electron chi connectivity index (χ3n) is 1.55. The molecule has 0 saturated heterocycles. The van der Waals surface area contributed by atoms with Crippen LogP contribution in [0.1, 0.15) is 5.56 Å². The van der Waals surface area contributed by atoms with Crippen LogP contribution in [0.2, 0.25) is 0 Å². The molecule has 2 rings (SSSR count). The fourth-order valence-corrected chi connectivity index (χ4v) is 1.06. The van der Waals surface area contributed by atoms with Gasteiger partial charge in [0.25, 0.3) is 0 Å². The van der Waals surface area contributed by atoms with E-state index in [1.165, 1.54) is 5.56 Å². The second-order valence-corrected chi connectivity index (χ2v) is 2.25. The van der Waals surface area contributed by atoms with Gasteiger partial charge in [0.05, 0.1) is 0 Å². The maximum Gasteiger partial charge on any atom is 0.126 e. The first-order valence-corrected chi connectivity index (χ1v) is 3.35. The molecule has 59 valence electrons. The molecule has 0 fully saturated rings. The zero-order valence-electron chi connectivity index (χ0n) is 6.57. The van der Waals surface area contributed by atoms with Gasteiger partial charge in [-0.3, -0.25) is 0 Å². The van der Waals surface area contributed by atoms with Crippen molar-refractivity contribution in [2.75, 3.05) is 6.61 Å². The Kier molecular flexibility index (Phi) is 5.00. The summed E-state index contributed by atoms with van der Waals surface area (Å²) in [5.41, 5.74) is 1.17. The Balaban J connectivity index is 0.000000605. The molecule has 1 aliphatic heterocycles. The van der Waals surface area contributed by atoms with Gasteiger partial charge in [0.2, 0.25) is 0 Å². The van der Waals surface area contributed by atoms with E-state index in [0.717, 1.165) is 5.75 Å². The number of benzene rings is 1. The smallest absolute Gasteiger partial charge is 0.126 e. The summed E-state index contributed by atoms with van der Waals surface area (Å²) in [6.07, 6.45) is 4.10. The van der Waals surface area contributed by atoms with Gasteiger partial charge in [-0.1, -0.05) is 24.3 Å². The zero-order chi connectivity index (χ0) is 6.81. The van der Waals surface area contributed by atoms with Gasteiger partial charge in [-0.05, 0) is 12.1 Å². The third kappa shape index (κ3) is 2.25. The Morgan fingerprint density at radius 3 is 2.67 bits per heavy atom. The molecule has 0 atom stereocenters. The molecule has 12 heavy (non-hydrogen) atoms. The SMILES string of the molecule is C1=Cc2ccccc2OC1.[B].[Mo]. The van der Waals surface area contributed by atoms with E-state index in [2.05, 4.69) is 6.08 Å². The standard InChI is InChI=1S/C9H8O.B.Mo/c1-2-6-9-8(4-1)5-3-7-10-9;;/h1-6H,7H2;;. The van der Waals surface area contributed by atoms with Crippen LogP contribution in [-0.4, -0.2) is 15.0 Å². The van der Waals surface area contributed by atoms with Crippen molar-refractivity contribution in [3.63, 3.8) is 0 Å². The molecule has 1 aromatic carbocycles. The summed E-state index contributed by atoms with van der Waals surface area (Å²) < 4.78 is 5.34. The van der Waals surface area contributed by atoms with E-state index in [0.29, 0.717) is 6.61 Å². The van der Waals surface area contributed by atoms with Crippen LogP contribution >= 0.6 is 0 Å². The van der Waals surface area contributed by atoms with E-state index >= 15 is 0 Å². The van der Waals surface area contributed by atoms with Gasteiger partial charge in [0.1, 0.15) is 12.4 Å². The molecule has 3 heteroatoms. The number of rotatable bonds is 0. The van der Waals surface area contributed by atoms with Gasteiger partial charge < -0.3 is 4.74 Å². The minimum absolute atomic E-state index is 0. The summed E-state index contributed by atoms with van der Waals surface area (Å²) >= 11 is 0. The molecule has 1 nitrogen and oxygen atoms in total. The molecule has 0 unspecified atom stereocenters. The molecule has 0 amide bonds. The monoisotopic (exact) mass is 241 g/mol. The molecule has 0 saturated carbocycles. The Bertz CT molecular complexity index is 273. The van der Waals surface area contributed by atoms with Gasteiger partial charge in [-0.15, -0.1) is 0 Å². The average molecular weight is 239 g/mol. The summed E-state index contributed by atoms with van der Waals surface area (Å²) in [6.45, 7) is 0.705. The Morgan fingerprint density at radius 1 is 1.17 bits per heavy atom. The van der Waals surface area contributed by atoms with Gasteiger partial charge in [0, 0.05) is 35.0 Å². The van der Waals surface area contributed by atoms with Crippen molar-refractivity contribution in [3.8, 4) is 5.75 Å². The number of fused-ring (bicyclic) bond motifs is 1. The maximum absolute atomic E-state index is 5.34. The van der Waals surface area contributed by atoms with Crippen LogP contribution < -0.4 is 4.74 Å². The number of ether oxygens (including phenoxy) is 1. The van der Waals surface area contributed by atoms with Gasteiger partial charge >= 0.3 is 0 Å². The Labute approximate surface area is 88.7 Å². The molecule has 1 aliphatic rings. The van der Waals surface area contributed by atoms with E-state index in [9.17, 15) is 0 Å². The fourth-order valence-electron chi connectivity index (χ4n) is 1.06. The molecule has 0 N–H and O–H groups in total. The average Bonchev–Trinajstić information content (AvgIpc) is 2.05. The fraction of sp³-hybridized carbons (Fsp3) is 0.111. The van der Waals surface area contributed by atoms with Crippen molar-refractivity contribution in [1.29, 1.82) is 0 Å². The van der Waals surface area contributed by atoms with Gasteiger partial charge in [0.15, 0.2) is 0 Å². The molecule has 0 aliphatic carbocycles. The molecule has 0 aromatic heterocycles. The van der Waals surface area contributed by atoms with Crippen molar-refractivity contribution in [1.82, 2.24) is 0 Å². The largest absolute Gasteiger partial charge is 0.489 e. The van der Waals surface area contributed by atoms with E-state index in [1.807, 2.05) is 30.3 Å². The first-order chi connectivity index (χ1) is 4.97. The molecule has 0 spiro atoms. The molecular weight excluding hydrogens is 231 g/mol. The number of hydrogen-bond donors (Lipinski definition) is 0. The van der Waals surface area contributed by atoms with Crippen LogP contribution in [0.4, 0.5) is 0 Å². The van der Waals surface area contributed by atoms with Gasteiger partial charge in [-0.25, -0.2) is 0 Å². The first-order valence-electron chi connectivity index (χ1n) is 3.35. The molecule has 1 heterocycles. The van der Waals surface area contributed by atoms with Gasteiger partial charge in [-0.2, -0.15) is 0 Å². The van der Waals surface area contributed by atoms with Crippen LogP contribution in [0.5, 0.6) is 5.75 Å². The maximum atomic E-state index is 5.34. The predicted molar refractivity (Wildman–Crippen MR) is 46.7 cm³/mol. The molecular formula is C9H8BMoO. The zero-order valence-corrected chi connectivity index (χ0v) is 8.57. The third-order valence-corrected chi connectivity index (χ3v) is 1.55. The normalized spacial score (nSPS) is 11.7. The van der Waals surface area contributed by atoms with E-state index in [1.54, 1.807) is 0 Å². The van der Waals surface area contributed by atoms with Crippen molar-refractivity contribution < 1.29 is 25.8 Å². The van der Waals surface area contributed by atoms with Crippen molar-refractivity contribution in [2.45, 2.75) is 0 Å². The van der Waals surface area contributed by atoms with Crippen LogP contribution in [0.25, 0.3) is 6.08 Å². The van der Waals surface area contributed by atoms with Crippen LogP contribution in [0.3, 0.4) is 0 Å². The number of hydrogen-bond acceptors (Lipinski definition) is 1. The summed E-state index contributed by atoms with van der Waals surface area (Å²) in [5.74, 6) is 0.991. The van der Waals surface area contributed by atoms with Crippen molar-refractivity contribution >= 4 is 14.5 Å². The minimum atomic E-state index is 0. The van der Waals surface area contributed by atoms with E-state index in [4.69, 9.17) is 4.74 Å². The molecule has 1 aromatic rings. The van der Waals surface area contributed by atoms with E-state index < -0.39 is 0 Å². The van der Waals surface area contributed by atoms with Crippen molar-refractivity contribution in [2.24, 2.45) is 0 Å². The summed E-state index contributed by atoms with van der Waals surface area (Å²) in [7, 11) is 0. The summed E-state index contributed by atoms with van der Waals surface area (Å²) in [6, 6.07) is 8.03.